The van der Waals surface area contributed by atoms with E-state index >= 15 is 0 Å². The summed E-state index contributed by atoms with van der Waals surface area (Å²) in [5, 5.41) is 1.80. The van der Waals surface area contributed by atoms with Gasteiger partial charge in [0.1, 0.15) is 22.7 Å². The van der Waals surface area contributed by atoms with E-state index in [1.807, 2.05) is 24.3 Å². The normalized spacial score (nSPS) is 12.4. The summed E-state index contributed by atoms with van der Waals surface area (Å²) < 4.78 is 30.6. The zero-order chi connectivity index (χ0) is 25.8. The molecule has 0 fully saturated rings. The Morgan fingerprint density at radius 2 is 1.14 bits per heavy atom. The quantitative estimate of drug-likeness (QED) is 0.167. The number of ether oxygens (including phenoxy) is 2. The third-order valence-corrected chi connectivity index (χ3v) is 6.83. The van der Waals surface area contributed by atoms with Crippen molar-refractivity contribution in [1.29, 1.82) is 0 Å². The molecule has 0 unspecified atom stereocenters. The second kappa shape index (κ2) is 11.3. The second-order valence-electron chi connectivity index (χ2n) is 10.5. The first-order valence-corrected chi connectivity index (χ1v) is 13.0. The van der Waals surface area contributed by atoms with E-state index < -0.39 is 8.24 Å². The molecule has 35 heavy (non-hydrogen) atoms. The third-order valence-electron chi connectivity index (χ3n) is 5.77. The number of hydrogen-bond acceptors (Lipinski definition) is 7. The van der Waals surface area contributed by atoms with E-state index in [1.54, 1.807) is 14.2 Å². The molecule has 0 bridgehead atoms. The minimum absolute atomic E-state index is 0.201. The van der Waals surface area contributed by atoms with Crippen LogP contribution in [0.5, 0.6) is 11.5 Å². The lowest BCUT2D eigenvalue weighted by molar-refractivity contribution is -0.272. The van der Waals surface area contributed by atoms with Crippen molar-refractivity contribution in [2.24, 2.45) is 0 Å². The molecule has 7 nitrogen and oxygen atoms in total. The van der Waals surface area contributed by atoms with Crippen LogP contribution < -0.4 is 14.0 Å². The van der Waals surface area contributed by atoms with Gasteiger partial charge in [-0.1, -0.05) is 41.5 Å². The Bertz CT molecular complexity index is 1100. The minimum Gasteiger partial charge on any atom is -0.497 e. The number of unbranched alkanes of at least 4 members (excludes halogenated alkanes) is 1. The Morgan fingerprint density at radius 3 is 1.54 bits per heavy atom. The van der Waals surface area contributed by atoms with Gasteiger partial charge >= 0.3 is 8.24 Å². The van der Waals surface area contributed by atoms with Crippen molar-refractivity contribution in [2.45, 2.75) is 65.2 Å². The van der Waals surface area contributed by atoms with Gasteiger partial charge in [0.2, 0.25) is 0 Å². The molecule has 1 heterocycles. The van der Waals surface area contributed by atoms with Crippen LogP contribution >= 0.6 is 8.24 Å². The Balaban J connectivity index is 2.35. The zero-order valence-corrected chi connectivity index (χ0v) is 23.3. The van der Waals surface area contributed by atoms with Crippen molar-refractivity contribution in [3.8, 4) is 11.5 Å². The molecule has 0 aliphatic rings. The largest absolute Gasteiger partial charge is 0.497 e. The number of rotatable bonds is 9. The molecule has 0 amide bonds. The van der Waals surface area contributed by atoms with E-state index in [-0.39, 0.29) is 10.8 Å². The lowest BCUT2D eigenvalue weighted by Gasteiger charge is -2.21. The smallest absolute Gasteiger partial charge is 0.387 e. The first kappa shape index (κ1) is 27.4. The molecule has 0 radical (unpaired) electrons. The highest BCUT2D eigenvalue weighted by atomic mass is 31.1. The van der Waals surface area contributed by atoms with Gasteiger partial charge in [0.15, 0.2) is 0 Å². The van der Waals surface area contributed by atoms with Crippen molar-refractivity contribution >= 4 is 30.2 Å². The van der Waals surface area contributed by atoms with Crippen LogP contribution in [0.4, 0.5) is 0 Å². The number of hydrogen-bond donors (Lipinski definition) is 0. The van der Waals surface area contributed by atoms with Gasteiger partial charge < -0.3 is 17.9 Å². The molecule has 1 aromatic heterocycles. The van der Waals surface area contributed by atoms with Crippen LogP contribution in [-0.4, -0.2) is 34.5 Å². The van der Waals surface area contributed by atoms with E-state index in [9.17, 15) is 0 Å². The maximum absolute atomic E-state index is 6.53. The zero-order valence-electron chi connectivity index (χ0n) is 22.4. The average molecular weight is 507 g/mol. The van der Waals surface area contributed by atoms with Crippen molar-refractivity contribution in [3.63, 3.8) is 0 Å². The fourth-order valence-corrected chi connectivity index (χ4v) is 4.97. The summed E-state index contributed by atoms with van der Waals surface area (Å²) in [4.78, 5) is 9.61. The lowest BCUT2D eigenvalue weighted by Crippen LogP contribution is -2.12. The number of benzene rings is 2. The van der Waals surface area contributed by atoms with Gasteiger partial charge in [0, 0.05) is 21.9 Å². The Kier molecular flexibility index (Phi) is 8.81. The molecule has 2 aromatic carbocycles. The predicted molar refractivity (Wildman–Crippen MR) is 140 cm³/mol. The molecule has 0 N–H and O–H groups in total. The van der Waals surface area contributed by atoms with Gasteiger partial charge in [-0.15, -0.1) is 0 Å². The molecule has 0 aliphatic heterocycles. The summed E-state index contributed by atoms with van der Waals surface area (Å²) in [5.74, 6) is 1.52. The first-order valence-electron chi connectivity index (χ1n) is 11.9. The Labute approximate surface area is 209 Å². The van der Waals surface area contributed by atoms with Crippen LogP contribution in [0.15, 0.2) is 32.7 Å². The molecule has 8 heteroatoms. The van der Waals surface area contributed by atoms with Gasteiger partial charge in [0.25, 0.3) is 0 Å². The average Bonchev–Trinajstić information content (AvgIpc) is 2.95. The van der Waals surface area contributed by atoms with Crippen molar-refractivity contribution in [1.82, 2.24) is 0 Å². The van der Waals surface area contributed by atoms with Crippen molar-refractivity contribution in [3.05, 3.63) is 35.4 Å². The third kappa shape index (κ3) is 6.53. The summed E-state index contributed by atoms with van der Waals surface area (Å²) in [6.45, 7) is 13.9. The second-order valence-corrected chi connectivity index (χ2v) is 11.6. The fraction of sp³-hybridized carbons (Fsp3) is 0.556. The fourth-order valence-electron chi connectivity index (χ4n) is 3.86. The number of fused-ring (bicyclic) bond motifs is 3. The minimum atomic E-state index is -1.70. The van der Waals surface area contributed by atoms with Gasteiger partial charge in [-0.25, -0.2) is 9.78 Å². The topological polar surface area (TPSA) is 72.4 Å². The number of methoxy groups -OCH3 is 2. The van der Waals surface area contributed by atoms with Crippen molar-refractivity contribution < 1.29 is 32.2 Å². The summed E-state index contributed by atoms with van der Waals surface area (Å²) in [6, 6.07) is 8.06. The van der Waals surface area contributed by atoms with Crippen molar-refractivity contribution in [2.75, 3.05) is 34.5 Å². The van der Waals surface area contributed by atoms with Crippen LogP contribution in [0.25, 0.3) is 21.9 Å². The van der Waals surface area contributed by atoms with Crippen LogP contribution in [0.1, 0.15) is 65.5 Å². The molecule has 0 saturated heterocycles. The van der Waals surface area contributed by atoms with Gasteiger partial charge in [-0.2, -0.15) is 0 Å². The highest BCUT2D eigenvalue weighted by molar-refractivity contribution is 7.31. The summed E-state index contributed by atoms with van der Waals surface area (Å²) >= 11 is 0. The summed E-state index contributed by atoms with van der Waals surface area (Å²) in [7, 11) is 3.16. The van der Waals surface area contributed by atoms with Crippen LogP contribution in [0, 0.1) is 0 Å². The maximum atomic E-state index is 6.53. The first-order chi connectivity index (χ1) is 16.5. The molecular formula is C27H39O7P. The van der Waals surface area contributed by atoms with Crippen LogP contribution in [0.3, 0.4) is 0 Å². The van der Waals surface area contributed by atoms with Crippen LogP contribution in [0.2, 0.25) is 0 Å². The summed E-state index contributed by atoms with van der Waals surface area (Å²) in [5.41, 5.74) is 3.14. The van der Waals surface area contributed by atoms with E-state index in [1.165, 1.54) is 7.11 Å². The van der Waals surface area contributed by atoms with E-state index in [4.69, 9.17) is 27.3 Å². The van der Waals surface area contributed by atoms with E-state index in [0.29, 0.717) is 13.2 Å². The molecule has 3 rings (SSSR count). The molecule has 0 saturated carbocycles. The standard InChI is InChI=1S/C27H39O7P/c1-26(2,3)22-16-18(28-7)14-20-21-15-19(29-8)17-23(27(4,5)6)25(21)34-35(33-24(20)22)32-13-11-10-12-31-30-9/h14-17H,10-13H2,1-9H3. The SMILES string of the molecule is COOCCCCOp1oc2c(C(C)(C)C)cc(OC)cc2c2cc(OC)cc(C(C)(C)C)c2o1. The highest BCUT2D eigenvalue weighted by Crippen LogP contribution is 2.44. The van der Waals surface area contributed by atoms with Crippen LogP contribution in [-0.2, 0) is 20.6 Å². The molecular weight excluding hydrogens is 467 g/mol. The van der Waals surface area contributed by atoms with Gasteiger partial charge in [0.05, 0.1) is 34.5 Å². The lowest BCUT2D eigenvalue weighted by atomic mass is 9.84. The molecule has 3 aromatic rings. The molecule has 0 aliphatic carbocycles. The monoisotopic (exact) mass is 506 g/mol. The Morgan fingerprint density at radius 1 is 0.686 bits per heavy atom. The molecule has 194 valence electrons. The van der Waals surface area contributed by atoms with Gasteiger partial charge in [-0.05, 0) is 47.9 Å². The maximum Gasteiger partial charge on any atom is 0.387 e. The molecule has 0 atom stereocenters. The Hall–Kier alpha value is -2.18. The van der Waals surface area contributed by atoms with Gasteiger partial charge in [-0.3, -0.25) is 4.52 Å². The summed E-state index contributed by atoms with van der Waals surface area (Å²) in [6.07, 6.45) is 1.59. The predicted octanol–water partition coefficient (Wildman–Crippen LogP) is 7.69. The molecule has 0 spiro atoms. The van der Waals surface area contributed by atoms with E-state index in [2.05, 4.69) is 46.4 Å². The highest BCUT2D eigenvalue weighted by Gasteiger charge is 2.25. The van der Waals surface area contributed by atoms with E-state index in [0.717, 1.165) is 57.4 Å².